The standard InChI is InChI=1S/C18H21N5O3/c1-11(2)10-23-16-15(22-18(23)26)21-14(9-20-16)12-4-3-5-13(8-12)17(25)19-6-7-24/h3-5,8-9,11,24H,6-7,10H2,1-2H3,(H,19,25)(H,21,22,26). The van der Waals surface area contributed by atoms with Crippen LogP contribution in [0.2, 0.25) is 0 Å². The van der Waals surface area contributed by atoms with Crippen molar-refractivity contribution < 1.29 is 9.90 Å². The molecule has 0 saturated heterocycles. The van der Waals surface area contributed by atoms with E-state index in [0.717, 1.165) is 0 Å². The van der Waals surface area contributed by atoms with E-state index in [0.29, 0.717) is 40.6 Å². The molecule has 3 N–H and O–H groups in total. The highest BCUT2D eigenvalue weighted by atomic mass is 16.3. The molecule has 0 aliphatic heterocycles. The Morgan fingerprint density at radius 2 is 2.19 bits per heavy atom. The summed E-state index contributed by atoms with van der Waals surface area (Å²) in [5.41, 5.74) is 2.44. The molecule has 3 aromatic rings. The van der Waals surface area contributed by atoms with Gasteiger partial charge in [-0.3, -0.25) is 14.3 Å². The van der Waals surface area contributed by atoms with E-state index < -0.39 is 0 Å². The van der Waals surface area contributed by atoms with Gasteiger partial charge in [-0.15, -0.1) is 0 Å². The van der Waals surface area contributed by atoms with Crippen LogP contribution in [0.15, 0.2) is 35.3 Å². The van der Waals surface area contributed by atoms with Crippen molar-refractivity contribution >= 4 is 17.2 Å². The van der Waals surface area contributed by atoms with Crippen LogP contribution < -0.4 is 11.0 Å². The van der Waals surface area contributed by atoms with Gasteiger partial charge in [0.05, 0.1) is 18.5 Å². The number of benzene rings is 1. The lowest BCUT2D eigenvalue weighted by atomic mass is 10.1. The number of amides is 1. The van der Waals surface area contributed by atoms with E-state index in [1.807, 2.05) is 19.9 Å². The number of aliphatic hydroxyl groups is 1. The van der Waals surface area contributed by atoms with Crippen LogP contribution in [-0.4, -0.2) is 43.7 Å². The van der Waals surface area contributed by atoms with E-state index >= 15 is 0 Å². The minimum Gasteiger partial charge on any atom is -0.395 e. The van der Waals surface area contributed by atoms with Crippen LogP contribution in [0, 0.1) is 5.92 Å². The Morgan fingerprint density at radius 3 is 2.92 bits per heavy atom. The number of hydrogen-bond acceptors (Lipinski definition) is 5. The van der Waals surface area contributed by atoms with E-state index in [-0.39, 0.29) is 24.7 Å². The normalized spacial score (nSPS) is 11.2. The number of aromatic amines is 1. The Bertz CT molecular complexity index is 990. The molecular formula is C18H21N5O3. The van der Waals surface area contributed by atoms with E-state index in [4.69, 9.17) is 5.11 Å². The lowest BCUT2D eigenvalue weighted by Gasteiger charge is -2.07. The number of carbonyl (C=O) groups excluding carboxylic acids is 1. The smallest absolute Gasteiger partial charge is 0.328 e. The number of fused-ring (bicyclic) bond motifs is 1. The molecule has 8 heteroatoms. The summed E-state index contributed by atoms with van der Waals surface area (Å²) in [6.45, 7) is 4.70. The van der Waals surface area contributed by atoms with Crippen molar-refractivity contribution in [1.29, 1.82) is 0 Å². The third kappa shape index (κ3) is 3.65. The first-order valence-electron chi connectivity index (χ1n) is 8.44. The van der Waals surface area contributed by atoms with Gasteiger partial charge in [-0.05, 0) is 18.1 Å². The first-order valence-corrected chi connectivity index (χ1v) is 8.44. The number of nitrogens with zero attached hydrogens (tertiary/aromatic N) is 3. The lowest BCUT2D eigenvalue weighted by Crippen LogP contribution is -2.26. The molecular weight excluding hydrogens is 334 g/mol. The van der Waals surface area contributed by atoms with Crippen LogP contribution in [-0.2, 0) is 6.54 Å². The van der Waals surface area contributed by atoms with Gasteiger partial charge >= 0.3 is 5.69 Å². The maximum Gasteiger partial charge on any atom is 0.328 e. The Balaban J connectivity index is 1.96. The summed E-state index contributed by atoms with van der Waals surface area (Å²) in [6.07, 6.45) is 1.59. The van der Waals surface area contributed by atoms with Gasteiger partial charge in [0.25, 0.3) is 5.91 Å². The largest absolute Gasteiger partial charge is 0.395 e. The van der Waals surface area contributed by atoms with E-state index in [1.54, 1.807) is 29.0 Å². The van der Waals surface area contributed by atoms with Gasteiger partial charge in [0.15, 0.2) is 11.3 Å². The van der Waals surface area contributed by atoms with Crippen LogP contribution >= 0.6 is 0 Å². The fourth-order valence-electron chi connectivity index (χ4n) is 2.69. The SMILES string of the molecule is CC(C)Cn1c(=O)[nH]c2nc(-c3cccc(C(=O)NCCO)c3)cnc21. The van der Waals surface area contributed by atoms with Gasteiger partial charge in [-0.2, -0.15) is 0 Å². The average Bonchev–Trinajstić information content (AvgIpc) is 2.94. The number of rotatable bonds is 6. The van der Waals surface area contributed by atoms with Crippen molar-refractivity contribution in [2.45, 2.75) is 20.4 Å². The molecule has 0 spiro atoms. The maximum absolute atomic E-state index is 12.1. The Morgan fingerprint density at radius 1 is 1.38 bits per heavy atom. The monoisotopic (exact) mass is 355 g/mol. The predicted molar refractivity (Wildman–Crippen MR) is 97.8 cm³/mol. The van der Waals surface area contributed by atoms with Crippen molar-refractivity contribution in [3.05, 3.63) is 46.5 Å². The van der Waals surface area contributed by atoms with E-state index in [1.165, 1.54) is 0 Å². The molecule has 0 aliphatic rings. The van der Waals surface area contributed by atoms with Crippen LogP contribution in [0.5, 0.6) is 0 Å². The second-order valence-electron chi connectivity index (χ2n) is 6.42. The van der Waals surface area contributed by atoms with Crippen LogP contribution in [0.1, 0.15) is 24.2 Å². The molecule has 0 unspecified atom stereocenters. The topological polar surface area (TPSA) is 113 Å². The summed E-state index contributed by atoms with van der Waals surface area (Å²) >= 11 is 0. The Hall–Kier alpha value is -3.00. The molecule has 0 saturated carbocycles. The highest BCUT2D eigenvalue weighted by molar-refractivity contribution is 5.95. The molecule has 0 bridgehead atoms. The summed E-state index contributed by atoms with van der Waals surface area (Å²) in [5, 5.41) is 11.4. The summed E-state index contributed by atoms with van der Waals surface area (Å²) in [5.74, 6) is 0.0359. The summed E-state index contributed by atoms with van der Waals surface area (Å²) in [6, 6.07) is 6.96. The number of aromatic nitrogens is 4. The number of aliphatic hydroxyl groups excluding tert-OH is 1. The molecule has 3 rings (SSSR count). The second-order valence-corrected chi connectivity index (χ2v) is 6.42. The minimum absolute atomic E-state index is 0.117. The fourth-order valence-corrected chi connectivity index (χ4v) is 2.69. The third-order valence-electron chi connectivity index (χ3n) is 3.84. The van der Waals surface area contributed by atoms with Crippen molar-refractivity contribution in [3.63, 3.8) is 0 Å². The molecule has 2 aromatic heterocycles. The molecule has 0 aliphatic carbocycles. The molecule has 26 heavy (non-hydrogen) atoms. The van der Waals surface area contributed by atoms with Gasteiger partial charge in [0.1, 0.15) is 0 Å². The number of H-pyrrole nitrogens is 1. The van der Waals surface area contributed by atoms with E-state index in [9.17, 15) is 9.59 Å². The van der Waals surface area contributed by atoms with Gasteiger partial charge in [0, 0.05) is 24.2 Å². The van der Waals surface area contributed by atoms with Crippen molar-refractivity contribution in [2.24, 2.45) is 5.92 Å². The lowest BCUT2D eigenvalue weighted by molar-refractivity contribution is 0.0945. The number of nitrogens with one attached hydrogen (secondary N) is 2. The van der Waals surface area contributed by atoms with Crippen LogP contribution in [0.3, 0.4) is 0 Å². The molecule has 1 amide bonds. The molecule has 0 fully saturated rings. The van der Waals surface area contributed by atoms with Crippen LogP contribution in [0.25, 0.3) is 22.6 Å². The van der Waals surface area contributed by atoms with Gasteiger partial charge in [-0.1, -0.05) is 26.0 Å². The number of carbonyl (C=O) groups is 1. The van der Waals surface area contributed by atoms with Crippen molar-refractivity contribution in [3.8, 4) is 11.3 Å². The van der Waals surface area contributed by atoms with Crippen molar-refractivity contribution in [1.82, 2.24) is 24.8 Å². The zero-order valence-corrected chi connectivity index (χ0v) is 14.7. The van der Waals surface area contributed by atoms with Gasteiger partial charge in [0.2, 0.25) is 0 Å². The summed E-state index contributed by atoms with van der Waals surface area (Å²) in [7, 11) is 0. The summed E-state index contributed by atoms with van der Waals surface area (Å²) < 4.78 is 1.58. The first kappa shape index (κ1) is 17.8. The molecule has 0 atom stereocenters. The molecule has 8 nitrogen and oxygen atoms in total. The number of imidazole rings is 1. The quantitative estimate of drug-likeness (QED) is 0.614. The summed E-state index contributed by atoms with van der Waals surface area (Å²) in [4.78, 5) is 35.8. The molecule has 2 heterocycles. The average molecular weight is 355 g/mol. The number of hydrogen-bond donors (Lipinski definition) is 3. The highest BCUT2D eigenvalue weighted by Gasteiger charge is 2.13. The first-order chi connectivity index (χ1) is 12.5. The molecule has 136 valence electrons. The van der Waals surface area contributed by atoms with Crippen molar-refractivity contribution in [2.75, 3.05) is 13.2 Å². The Kier molecular flexibility index (Phi) is 5.13. The predicted octanol–water partition coefficient (Wildman–Crippen LogP) is 1.16. The van der Waals surface area contributed by atoms with E-state index in [2.05, 4.69) is 20.3 Å². The fraction of sp³-hybridized carbons (Fsp3) is 0.333. The van der Waals surface area contributed by atoms with Gasteiger partial charge < -0.3 is 10.4 Å². The zero-order valence-electron chi connectivity index (χ0n) is 14.7. The Labute approximate surface area is 149 Å². The molecule has 1 aromatic carbocycles. The third-order valence-corrected chi connectivity index (χ3v) is 3.84. The minimum atomic E-state index is -0.272. The second kappa shape index (κ2) is 7.49. The molecule has 0 radical (unpaired) electrons. The van der Waals surface area contributed by atoms with Crippen LogP contribution in [0.4, 0.5) is 0 Å². The highest BCUT2D eigenvalue weighted by Crippen LogP contribution is 2.19. The van der Waals surface area contributed by atoms with Gasteiger partial charge in [-0.25, -0.2) is 14.8 Å². The maximum atomic E-state index is 12.1. The zero-order chi connectivity index (χ0) is 18.7.